The summed E-state index contributed by atoms with van der Waals surface area (Å²) in [4.78, 5) is 11.8. The maximum Gasteiger partial charge on any atom is 0.234 e. The Hall–Kier alpha value is -1.81. The van der Waals surface area contributed by atoms with Gasteiger partial charge in [0.2, 0.25) is 5.91 Å². The molecule has 0 aliphatic carbocycles. The van der Waals surface area contributed by atoms with Crippen LogP contribution in [-0.4, -0.2) is 11.7 Å². The maximum absolute atomic E-state index is 12.8. The van der Waals surface area contributed by atoms with Crippen LogP contribution in [0.25, 0.3) is 0 Å². The number of carbonyl (C=O) groups excluding carboxylic acids is 1. The van der Waals surface area contributed by atoms with E-state index >= 15 is 0 Å². The Morgan fingerprint density at radius 1 is 1.10 bits per heavy atom. The Kier molecular flexibility index (Phi) is 5.39. The second-order valence-electron chi connectivity index (χ2n) is 5.04. The van der Waals surface area contributed by atoms with Gasteiger partial charge in [-0.3, -0.25) is 4.79 Å². The molecule has 0 aliphatic heterocycles. The lowest BCUT2D eigenvalue weighted by Crippen LogP contribution is -2.14. The fraction of sp³-hybridized carbons (Fsp3) is 0.235. The van der Waals surface area contributed by atoms with Crippen LogP contribution in [0.2, 0.25) is 0 Å². The summed E-state index contributed by atoms with van der Waals surface area (Å²) in [7, 11) is 0. The normalized spacial score (nSPS) is 10.4. The Balaban J connectivity index is 1.80. The molecule has 1 N–H and O–H groups in total. The van der Waals surface area contributed by atoms with Crippen molar-refractivity contribution in [3.63, 3.8) is 0 Å². The van der Waals surface area contributed by atoms with E-state index < -0.39 is 0 Å². The van der Waals surface area contributed by atoms with Crippen molar-refractivity contribution in [1.29, 1.82) is 0 Å². The smallest absolute Gasteiger partial charge is 0.234 e. The molecule has 2 aromatic rings. The summed E-state index contributed by atoms with van der Waals surface area (Å²) in [6.45, 7) is 4.14. The van der Waals surface area contributed by atoms with Gasteiger partial charge in [0, 0.05) is 11.4 Å². The Morgan fingerprint density at radius 2 is 1.71 bits per heavy atom. The van der Waals surface area contributed by atoms with Crippen molar-refractivity contribution in [3.8, 4) is 0 Å². The minimum Gasteiger partial charge on any atom is -0.325 e. The minimum atomic E-state index is -0.308. The predicted octanol–water partition coefficient (Wildman–Crippen LogP) is 4.31. The van der Waals surface area contributed by atoms with Gasteiger partial charge in [-0.05, 0) is 43.7 Å². The van der Waals surface area contributed by atoms with Crippen molar-refractivity contribution in [3.05, 3.63) is 65.0 Å². The van der Waals surface area contributed by atoms with Gasteiger partial charge < -0.3 is 5.32 Å². The quantitative estimate of drug-likeness (QED) is 0.891. The van der Waals surface area contributed by atoms with E-state index in [0.29, 0.717) is 11.4 Å². The molecular weight excluding hydrogens is 285 g/mol. The molecule has 2 nitrogen and oxygen atoms in total. The van der Waals surface area contributed by atoms with E-state index in [2.05, 4.69) is 37.4 Å². The predicted molar refractivity (Wildman–Crippen MR) is 87.1 cm³/mol. The average Bonchev–Trinajstić information content (AvgIpc) is 2.40. The van der Waals surface area contributed by atoms with Crippen LogP contribution in [0.1, 0.15) is 16.7 Å². The van der Waals surface area contributed by atoms with Crippen LogP contribution in [-0.2, 0) is 10.5 Å². The number of rotatable bonds is 5. The molecule has 0 radical (unpaired) electrons. The highest BCUT2D eigenvalue weighted by Gasteiger charge is 2.04. The number of anilines is 1. The lowest BCUT2D eigenvalue weighted by molar-refractivity contribution is -0.113. The van der Waals surface area contributed by atoms with Gasteiger partial charge in [0.05, 0.1) is 5.75 Å². The molecule has 1 amide bonds. The molecule has 21 heavy (non-hydrogen) atoms. The number of nitrogens with one attached hydrogen (secondary N) is 1. The number of aryl methyl sites for hydroxylation is 2. The van der Waals surface area contributed by atoms with E-state index in [1.165, 1.54) is 28.8 Å². The summed E-state index contributed by atoms with van der Waals surface area (Å²) >= 11 is 1.57. The summed E-state index contributed by atoms with van der Waals surface area (Å²) in [6, 6.07) is 12.2. The molecule has 0 fully saturated rings. The van der Waals surface area contributed by atoms with Crippen molar-refractivity contribution >= 4 is 23.4 Å². The van der Waals surface area contributed by atoms with Gasteiger partial charge in [-0.15, -0.1) is 11.8 Å². The maximum atomic E-state index is 12.8. The molecule has 0 aliphatic rings. The number of hydrogen-bond donors (Lipinski definition) is 1. The summed E-state index contributed by atoms with van der Waals surface area (Å²) in [5, 5.41) is 2.75. The van der Waals surface area contributed by atoms with Crippen LogP contribution < -0.4 is 5.32 Å². The molecule has 0 aromatic heterocycles. The van der Waals surface area contributed by atoms with Crippen LogP contribution in [0.5, 0.6) is 0 Å². The molecule has 0 unspecified atom stereocenters. The SMILES string of the molecule is Cc1cc(C)cc(CSCC(=O)Nc2ccc(F)cc2)c1. The first-order valence-electron chi connectivity index (χ1n) is 6.73. The molecule has 0 spiro atoms. The molecule has 2 rings (SSSR count). The summed E-state index contributed by atoms with van der Waals surface area (Å²) in [5.41, 5.74) is 4.32. The first-order chi connectivity index (χ1) is 10.0. The van der Waals surface area contributed by atoms with Crippen LogP contribution >= 0.6 is 11.8 Å². The molecule has 0 saturated heterocycles. The zero-order valence-electron chi connectivity index (χ0n) is 12.2. The van der Waals surface area contributed by atoms with E-state index in [9.17, 15) is 9.18 Å². The Labute approximate surface area is 128 Å². The summed E-state index contributed by atoms with van der Waals surface area (Å²) < 4.78 is 12.8. The molecule has 0 saturated carbocycles. The largest absolute Gasteiger partial charge is 0.325 e. The number of amides is 1. The molecule has 0 heterocycles. The monoisotopic (exact) mass is 303 g/mol. The molecule has 2 aromatic carbocycles. The summed E-state index contributed by atoms with van der Waals surface area (Å²) in [5.74, 6) is 0.803. The van der Waals surface area contributed by atoms with Crippen molar-refractivity contribution in [1.82, 2.24) is 0 Å². The molecule has 0 bridgehead atoms. The van der Waals surface area contributed by atoms with Gasteiger partial charge >= 0.3 is 0 Å². The highest BCUT2D eigenvalue weighted by molar-refractivity contribution is 7.99. The fourth-order valence-corrected chi connectivity index (χ4v) is 2.91. The minimum absolute atomic E-state index is 0.0732. The summed E-state index contributed by atoms with van der Waals surface area (Å²) in [6.07, 6.45) is 0. The second-order valence-corrected chi connectivity index (χ2v) is 6.03. The van der Waals surface area contributed by atoms with Crippen molar-refractivity contribution < 1.29 is 9.18 Å². The average molecular weight is 303 g/mol. The number of hydrogen-bond acceptors (Lipinski definition) is 2. The lowest BCUT2D eigenvalue weighted by atomic mass is 10.1. The fourth-order valence-electron chi connectivity index (χ4n) is 2.14. The first kappa shape index (κ1) is 15.6. The highest BCUT2D eigenvalue weighted by atomic mass is 32.2. The van der Waals surface area contributed by atoms with Crippen LogP contribution in [0.3, 0.4) is 0 Å². The van der Waals surface area contributed by atoms with Crippen LogP contribution in [0.15, 0.2) is 42.5 Å². The van der Waals surface area contributed by atoms with E-state index in [-0.39, 0.29) is 11.7 Å². The van der Waals surface area contributed by atoms with Gasteiger partial charge in [-0.2, -0.15) is 0 Å². The third-order valence-electron chi connectivity index (χ3n) is 2.91. The Morgan fingerprint density at radius 3 is 2.33 bits per heavy atom. The third kappa shape index (κ3) is 5.23. The van der Waals surface area contributed by atoms with Crippen molar-refractivity contribution in [2.24, 2.45) is 0 Å². The lowest BCUT2D eigenvalue weighted by Gasteiger charge is -2.06. The number of thioether (sulfide) groups is 1. The third-order valence-corrected chi connectivity index (χ3v) is 3.92. The number of carbonyl (C=O) groups is 1. The van der Waals surface area contributed by atoms with E-state index in [1.807, 2.05) is 0 Å². The zero-order valence-corrected chi connectivity index (χ0v) is 13.0. The van der Waals surface area contributed by atoms with Gasteiger partial charge in [-0.1, -0.05) is 29.3 Å². The number of benzene rings is 2. The van der Waals surface area contributed by atoms with E-state index in [1.54, 1.807) is 23.9 Å². The highest BCUT2D eigenvalue weighted by Crippen LogP contribution is 2.16. The van der Waals surface area contributed by atoms with Crippen molar-refractivity contribution in [2.75, 3.05) is 11.1 Å². The molecular formula is C17H18FNOS. The van der Waals surface area contributed by atoms with Crippen LogP contribution in [0, 0.1) is 19.7 Å². The molecule has 110 valence electrons. The standard InChI is InChI=1S/C17H18FNOS/c1-12-7-13(2)9-14(8-12)10-21-11-17(20)19-16-5-3-15(18)4-6-16/h3-9H,10-11H2,1-2H3,(H,19,20). The van der Waals surface area contributed by atoms with Gasteiger partial charge in [0.1, 0.15) is 5.82 Å². The van der Waals surface area contributed by atoms with Gasteiger partial charge in [-0.25, -0.2) is 4.39 Å². The molecule has 4 heteroatoms. The number of halogens is 1. The van der Waals surface area contributed by atoms with Gasteiger partial charge in [0.25, 0.3) is 0 Å². The molecule has 0 atom stereocenters. The van der Waals surface area contributed by atoms with E-state index in [0.717, 1.165) is 5.75 Å². The Bertz CT molecular complexity index is 605. The van der Waals surface area contributed by atoms with Crippen molar-refractivity contribution in [2.45, 2.75) is 19.6 Å². The first-order valence-corrected chi connectivity index (χ1v) is 7.89. The zero-order chi connectivity index (χ0) is 15.2. The topological polar surface area (TPSA) is 29.1 Å². The van der Waals surface area contributed by atoms with Gasteiger partial charge in [0.15, 0.2) is 0 Å². The second kappa shape index (κ2) is 7.27. The van der Waals surface area contributed by atoms with E-state index in [4.69, 9.17) is 0 Å². The van der Waals surface area contributed by atoms with Crippen LogP contribution in [0.4, 0.5) is 10.1 Å².